The number of hydrogen-bond donors (Lipinski definition) is 2. The highest BCUT2D eigenvalue weighted by molar-refractivity contribution is 6.03. The molecule has 0 radical (unpaired) electrons. The smallest absolute Gasteiger partial charge is 0.276 e. The number of Topliss-reactive ketones (excluding diaryl/α,β-unsaturated/α-hetero) is 1. The summed E-state index contributed by atoms with van der Waals surface area (Å²) in [4.78, 5) is 23.6. The van der Waals surface area contributed by atoms with Crippen molar-refractivity contribution in [2.45, 2.75) is 6.92 Å². The molecule has 0 aliphatic heterocycles. The van der Waals surface area contributed by atoms with Crippen LogP contribution in [0.25, 0.3) is 0 Å². The van der Waals surface area contributed by atoms with E-state index in [9.17, 15) is 14.0 Å². The maximum absolute atomic E-state index is 13.2. The van der Waals surface area contributed by atoms with Crippen molar-refractivity contribution in [3.05, 3.63) is 77.7 Å². The van der Waals surface area contributed by atoms with E-state index in [0.29, 0.717) is 22.8 Å². The molecule has 1 aromatic heterocycles. The van der Waals surface area contributed by atoms with E-state index in [1.807, 2.05) is 0 Å². The number of amides is 1. The van der Waals surface area contributed by atoms with Gasteiger partial charge in [0, 0.05) is 16.9 Å². The summed E-state index contributed by atoms with van der Waals surface area (Å²) in [5, 5.41) is 13.3. The van der Waals surface area contributed by atoms with Crippen LogP contribution in [0, 0.1) is 5.82 Å². The van der Waals surface area contributed by atoms with Crippen LogP contribution in [0.1, 0.15) is 27.8 Å². The molecule has 130 valence electrons. The van der Waals surface area contributed by atoms with Crippen LogP contribution in [-0.4, -0.2) is 21.9 Å². The minimum absolute atomic E-state index is 0.0892. The maximum Gasteiger partial charge on any atom is 0.276 e. The molecule has 1 heterocycles. The number of benzene rings is 2. The number of ketones is 1. The summed E-state index contributed by atoms with van der Waals surface area (Å²) in [6.45, 7) is 1.46. The van der Waals surface area contributed by atoms with Crippen LogP contribution >= 0.6 is 0 Å². The van der Waals surface area contributed by atoms with Gasteiger partial charge in [-0.25, -0.2) is 4.39 Å². The zero-order valence-electron chi connectivity index (χ0n) is 13.9. The van der Waals surface area contributed by atoms with Gasteiger partial charge in [0.15, 0.2) is 17.3 Å². The number of aromatic nitrogens is 2. The first kappa shape index (κ1) is 17.2. The van der Waals surface area contributed by atoms with E-state index in [-0.39, 0.29) is 17.3 Å². The summed E-state index contributed by atoms with van der Waals surface area (Å²) >= 11 is 0. The van der Waals surface area contributed by atoms with Crippen LogP contribution < -0.4 is 10.6 Å². The minimum Gasteiger partial charge on any atom is -0.339 e. The first-order chi connectivity index (χ1) is 12.5. The Labute approximate surface area is 149 Å². The third-order valence-electron chi connectivity index (χ3n) is 3.52. The SMILES string of the molecule is CC(=O)c1cccc(NC(=O)c2ccc(Nc3cccc(F)c3)nn2)c1. The molecule has 26 heavy (non-hydrogen) atoms. The van der Waals surface area contributed by atoms with Gasteiger partial charge in [-0.1, -0.05) is 18.2 Å². The number of nitrogens with zero attached hydrogens (tertiary/aromatic N) is 2. The number of carbonyl (C=O) groups is 2. The molecule has 0 fully saturated rings. The second-order valence-corrected chi connectivity index (χ2v) is 5.53. The number of carbonyl (C=O) groups excluding carboxylic acids is 2. The molecule has 7 heteroatoms. The first-order valence-electron chi connectivity index (χ1n) is 7.80. The second kappa shape index (κ2) is 7.52. The van der Waals surface area contributed by atoms with Crippen molar-refractivity contribution in [3.8, 4) is 0 Å². The number of anilines is 3. The van der Waals surface area contributed by atoms with E-state index in [1.54, 1.807) is 42.5 Å². The maximum atomic E-state index is 13.2. The molecule has 1 amide bonds. The van der Waals surface area contributed by atoms with Crippen molar-refractivity contribution < 1.29 is 14.0 Å². The highest BCUT2D eigenvalue weighted by Crippen LogP contribution is 2.16. The largest absolute Gasteiger partial charge is 0.339 e. The van der Waals surface area contributed by atoms with Gasteiger partial charge < -0.3 is 10.6 Å². The highest BCUT2D eigenvalue weighted by atomic mass is 19.1. The molecular weight excluding hydrogens is 335 g/mol. The molecular formula is C19H15FN4O2. The van der Waals surface area contributed by atoms with Gasteiger partial charge in [-0.05, 0) is 49.4 Å². The van der Waals surface area contributed by atoms with Crippen molar-refractivity contribution in [1.29, 1.82) is 0 Å². The van der Waals surface area contributed by atoms with Crippen LogP contribution in [0.5, 0.6) is 0 Å². The van der Waals surface area contributed by atoms with Crippen molar-refractivity contribution >= 4 is 28.9 Å². The highest BCUT2D eigenvalue weighted by Gasteiger charge is 2.10. The molecule has 0 saturated carbocycles. The fourth-order valence-electron chi connectivity index (χ4n) is 2.25. The Hall–Kier alpha value is -3.61. The molecule has 0 saturated heterocycles. The normalized spacial score (nSPS) is 10.2. The van der Waals surface area contributed by atoms with E-state index >= 15 is 0 Å². The molecule has 2 N–H and O–H groups in total. The fourth-order valence-corrected chi connectivity index (χ4v) is 2.25. The number of nitrogens with one attached hydrogen (secondary N) is 2. The Morgan fingerprint density at radius 1 is 0.923 bits per heavy atom. The Kier molecular flexibility index (Phi) is 4.98. The molecule has 0 aliphatic carbocycles. The standard InChI is InChI=1S/C19H15FN4O2/c1-12(25)13-4-2-6-15(10-13)22-19(26)17-8-9-18(24-23-17)21-16-7-3-5-14(20)11-16/h2-11H,1H3,(H,21,24)(H,22,26). The van der Waals surface area contributed by atoms with Crippen LogP contribution in [0.3, 0.4) is 0 Å². The third-order valence-corrected chi connectivity index (χ3v) is 3.52. The summed E-state index contributed by atoms with van der Waals surface area (Å²) in [6.07, 6.45) is 0. The molecule has 0 aliphatic rings. The Balaban J connectivity index is 1.69. The molecule has 0 bridgehead atoms. The molecule has 0 spiro atoms. The topological polar surface area (TPSA) is 84.0 Å². The van der Waals surface area contributed by atoms with Crippen molar-refractivity contribution in [1.82, 2.24) is 10.2 Å². The summed E-state index contributed by atoms with van der Waals surface area (Å²) in [5.74, 6) is -0.526. The van der Waals surface area contributed by atoms with Gasteiger partial charge in [0.2, 0.25) is 0 Å². The lowest BCUT2D eigenvalue weighted by Gasteiger charge is -2.07. The Bertz CT molecular complexity index is 958. The van der Waals surface area contributed by atoms with E-state index < -0.39 is 5.91 Å². The van der Waals surface area contributed by atoms with Crippen LogP contribution in [0.2, 0.25) is 0 Å². The van der Waals surface area contributed by atoms with Gasteiger partial charge in [-0.3, -0.25) is 9.59 Å². The number of rotatable bonds is 5. The third kappa shape index (κ3) is 4.27. The summed E-state index contributed by atoms with van der Waals surface area (Å²) < 4.78 is 13.2. The minimum atomic E-state index is -0.449. The zero-order valence-corrected chi connectivity index (χ0v) is 13.9. The molecule has 6 nitrogen and oxygen atoms in total. The zero-order chi connectivity index (χ0) is 18.5. The predicted molar refractivity (Wildman–Crippen MR) is 96.1 cm³/mol. The predicted octanol–water partition coefficient (Wildman–Crippen LogP) is 3.81. The van der Waals surface area contributed by atoms with E-state index in [2.05, 4.69) is 20.8 Å². The molecule has 0 atom stereocenters. The van der Waals surface area contributed by atoms with Crippen molar-refractivity contribution in [3.63, 3.8) is 0 Å². The van der Waals surface area contributed by atoms with Crippen LogP contribution in [0.4, 0.5) is 21.6 Å². The lowest BCUT2D eigenvalue weighted by molar-refractivity contribution is 0.100. The Morgan fingerprint density at radius 2 is 1.69 bits per heavy atom. The monoisotopic (exact) mass is 350 g/mol. The molecule has 3 rings (SSSR count). The number of hydrogen-bond acceptors (Lipinski definition) is 5. The van der Waals surface area contributed by atoms with Gasteiger partial charge in [0.05, 0.1) is 0 Å². The van der Waals surface area contributed by atoms with E-state index in [0.717, 1.165) is 0 Å². The van der Waals surface area contributed by atoms with Crippen molar-refractivity contribution in [2.24, 2.45) is 0 Å². The van der Waals surface area contributed by atoms with Crippen LogP contribution in [-0.2, 0) is 0 Å². The van der Waals surface area contributed by atoms with Gasteiger partial charge in [0.25, 0.3) is 5.91 Å². The summed E-state index contributed by atoms with van der Waals surface area (Å²) in [6, 6.07) is 15.6. The van der Waals surface area contributed by atoms with Gasteiger partial charge >= 0.3 is 0 Å². The Morgan fingerprint density at radius 3 is 2.38 bits per heavy atom. The fraction of sp³-hybridized carbons (Fsp3) is 0.0526. The molecule has 3 aromatic rings. The van der Waals surface area contributed by atoms with Gasteiger partial charge in [-0.15, -0.1) is 10.2 Å². The lowest BCUT2D eigenvalue weighted by atomic mass is 10.1. The second-order valence-electron chi connectivity index (χ2n) is 5.53. The lowest BCUT2D eigenvalue weighted by Crippen LogP contribution is -2.15. The average molecular weight is 350 g/mol. The van der Waals surface area contributed by atoms with E-state index in [4.69, 9.17) is 0 Å². The molecule has 2 aromatic carbocycles. The average Bonchev–Trinajstić information content (AvgIpc) is 2.62. The number of halogens is 1. The molecule has 0 unspecified atom stereocenters. The van der Waals surface area contributed by atoms with Crippen LogP contribution in [0.15, 0.2) is 60.7 Å². The summed E-state index contributed by atoms with van der Waals surface area (Å²) in [7, 11) is 0. The van der Waals surface area contributed by atoms with E-state index in [1.165, 1.54) is 25.1 Å². The van der Waals surface area contributed by atoms with Gasteiger partial charge in [-0.2, -0.15) is 0 Å². The van der Waals surface area contributed by atoms with Crippen molar-refractivity contribution in [2.75, 3.05) is 10.6 Å². The summed E-state index contributed by atoms with van der Waals surface area (Å²) in [5.41, 5.74) is 1.63. The first-order valence-corrected chi connectivity index (χ1v) is 7.80. The quantitative estimate of drug-likeness (QED) is 0.684. The van der Waals surface area contributed by atoms with Gasteiger partial charge in [0.1, 0.15) is 5.82 Å².